The average molecular weight is 329 g/mol. The minimum atomic E-state index is -3.39. The lowest BCUT2D eigenvalue weighted by molar-refractivity contribution is 0.528. The molecular weight excluding hydrogens is 306 g/mol. The summed E-state index contributed by atoms with van der Waals surface area (Å²) < 4.78 is 30.1. The first-order valence-electron chi connectivity index (χ1n) is 7.55. The van der Waals surface area contributed by atoms with Crippen LogP contribution in [0.2, 0.25) is 0 Å². The molecule has 118 valence electrons. The Balaban J connectivity index is 1.79. The molecule has 0 radical (unpaired) electrons. The molecule has 1 saturated heterocycles. The summed E-state index contributed by atoms with van der Waals surface area (Å²) in [5.41, 5.74) is 1.06. The number of nitrogens with zero attached hydrogens (tertiary/aromatic N) is 1. The fourth-order valence-corrected chi connectivity index (χ4v) is 5.22. The summed E-state index contributed by atoms with van der Waals surface area (Å²) >= 11 is 1.90. The minimum absolute atomic E-state index is 0.0910. The van der Waals surface area contributed by atoms with E-state index in [1.807, 2.05) is 31.1 Å². The Bertz CT molecular complexity index is 587. The Labute approximate surface area is 130 Å². The van der Waals surface area contributed by atoms with E-state index in [1.165, 1.54) is 0 Å². The van der Waals surface area contributed by atoms with E-state index in [0.29, 0.717) is 17.5 Å². The van der Waals surface area contributed by atoms with Gasteiger partial charge in [-0.3, -0.25) is 0 Å². The Morgan fingerprint density at radius 1 is 1.29 bits per heavy atom. The van der Waals surface area contributed by atoms with Crippen molar-refractivity contribution >= 4 is 21.8 Å². The molecule has 1 aliphatic carbocycles. The number of rotatable bonds is 6. The van der Waals surface area contributed by atoms with E-state index in [9.17, 15) is 8.42 Å². The van der Waals surface area contributed by atoms with Crippen molar-refractivity contribution in [2.75, 3.05) is 18.6 Å². The predicted octanol–water partition coefficient (Wildman–Crippen LogP) is 1.72. The Hall–Kier alpha value is -0.500. The summed E-state index contributed by atoms with van der Waals surface area (Å²) in [5.74, 6) is 2.09. The standard InChI is InChI=1S/C14H23N3O2S2/c1-15-9-13-8-14(10-17(13)12-2-3-12)21(18,19)16-11-4-6-20-7-5-11/h8,10-12,15-16H,2-7,9H2,1H3. The highest BCUT2D eigenvalue weighted by Gasteiger charge is 2.29. The molecule has 1 aliphatic heterocycles. The fraction of sp³-hybridized carbons (Fsp3) is 0.714. The number of thioether (sulfide) groups is 1. The van der Waals surface area contributed by atoms with Gasteiger partial charge in [0.15, 0.2) is 0 Å². The van der Waals surface area contributed by atoms with Crippen molar-refractivity contribution in [1.29, 1.82) is 0 Å². The third kappa shape index (κ3) is 3.64. The van der Waals surface area contributed by atoms with Crippen LogP contribution in [0.5, 0.6) is 0 Å². The van der Waals surface area contributed by atoms with Crippen molar-refractivity contribution in [2.24, 2.45) is 0 Å². The SMILES string of the molecule is CNCc1cc(S(=O)(=O)NC2CCSCC2)cn1C1CC1. The summed E-state index contributed by atoms with van der Waals surface area (Å²) in [5, 5.41) is 3.11. The zero-order chi connectivity index (χ0) is 14.9. The highest BCUT2D eigenvalue weighted by atomic mass is 32.2. The molecule has 7 heteroatoms. The third-order valence-electron chi connectivity index (χ3n) is 4.06. The molecule has 1 saturated carbocycles. The van der Waals surface area contributed by atoms with Crippen LogP contribution in [0, 0.1) is 0 Å². The van der Waals surface area contributed by atoms with Crippen molar-refractivity contribution in [1.82, 2.24) is 14.6 Å². The number of nitrogens with one attached hydrogen (secondary N) is 2. The first-order valence-corrected chi connectivity index (χ1v) is 10.2. The maximum atomic E-state index is 12.6. The Kier molecular flexibility index (Phi) is 4.63. The fourth-order valence-electron chi connectivity index (χ4n) is 2.76. The minimum Gasteiger partial charge on any atom is -0.346 e. The second-order valence-corrected chi connectivity index (χ2v) is 8.78. The van der Waals surface area contributed by atoms with E-state index in [4.69, 9.17) is 0 Å². The van der Waals surface area contributed by atoms with Crippen LogP contribution in [0.3, 0.4) is 0 Å². The molecule has 0 unspecified atom stereocenters. The quantitative estimate of drug-likeness (QED) is 0.834. The molecule has 1 aromatic rings. The maximum absolute atomic E-state index is 12.6. The van der Waals surface area contributed by atoms with Gasteiger partial charge in [-0.1, -0.05) is 0 Å². The zero-order valence-corrected chi connectivity index (χ0v) is 14.0. The van der Waals surface area contributed by atoms with Gasteiger partial charge in [-0.25, -0.2) is 13.1 Å². The second-order valence-electron chi connectivity index (χ2n) is 5.84. The van der Waals surface area contributed by atoms with E-state index in [1.54, 1.807) is 0 Å². The van der Waals surface area contributed by atoms with Crippen molar-refractivity contribution in [2.45, 2.75) is 49.2 Å². The molecule has 21 heavy (non-hydrogen) atoms. The molecule has 0 atom stereocenters. The van der Waals surface area contributed by atoms with Gasteiger partial charge in [0.05, 0.1) is 4.90 Å². The number of aromatic nitrogens is 1. The molecule has 0 bridgehead atoms. The van der Waals surface area contributed by atoms with Crippen LogP contribution in [-0.4, -0.2) is 37.6 Å². The van der Waals surface area contributed by atoms with Crippen molar-refractivity contribution < 1.29 is 8.42 Å². The second kappa shape index (κ2) is 6.32. The van der Waals surface area contributed by atoms with Crippen molar-refractivity contribution in [3.8, 4) is 0 Å². The lowest BCUT2D eigenvalue weighted by Gasteiger charge is -2.21. The zero-order valence-electron chi connectivity index (χ0n) is 12.3. The smallest absolute Gasteiger partial charge is 0.242 e. The summed E-state index contributed by atoms with van der Waals surface area (Å²) in [6, 6.07) is 2.39. The Morgan fingerprint density at radius 2 is 2.00 bits per heavy atom. The largest absolute Gasteiger partial charge is 0.346 e. The molecule has 2 heterocycles. The van der Waals surface area contributed by atoms with Gasteiger partial charge in [0.25, 0.3) is 0 Å². The summed E-state index contributed by atoms with van der Waals surface area (Å²) in [4.78, 5) is 0.415. The maximum Gasteiger partial charge on any atom is 0.242 e. The van der Waals surface area contributed by atoms with E-state index in [2.05, 4.69) is 14.6 Å². The van der Waals surface area contributed by atoms with E-state index in [0.717, 1.165) is 42.9 Å². The van der Waals surface area contributed by atoms with E-state index < -0.39 is 10.0 Å². The molecule has 0 amide bonds. The number of hydrogen-bond acceptors (Lipinski definition) is 4. The van der Waals surface area contributed by atoms with Crippen molar-refractivity contribution in [3.05, 3.63) is 18.0 Å². The molecule has 0 spiro atoms. The van der Waals surface area contributed by atoms with Gasteiger partial charge in [0.1, 0.15) is 0 Å². The summed E-state index contributed by atoms with van der Waals surface area (Å²) in [7, 11) is -1.51. The summed E-state index contributed by atoms with van der Waals surface area (Å²) in [6.45, 7) is 0.700. The van der Waals surface area contributed by atoms with Gasteiger partial charge in [0.2, 0.25) is 10.0 Å². The van der Waals surface area contributed by atoms with Crippen LogP contribution in [0.4, 0.5) is 0 Å². The van der Waals surface area contributed by atoms with Crippen LogP contribution in [0.25, 0.3) is 0 Å². The Morgan fingerprint density at radius 3 is 2.62 bits per heavy atom. The van der Waals surface area contributed by atoms with Crippen LogP contribution in [0.1, 0.15) is 37.4 Å². The molecule has 2 aliphatic rings. The highest BCUT2D eigenvalue weighted by Crippen LogP contribution is 2.37. The highest BCUT2D eigenvalue weighted by molar-refractivity contribution is 7.99. The number of hydrogen-bond donors (Lipinski definition) is 2. The first kappa shape index (κ1) is 15.4. The molecule has 2 fully saturated rings. The van der Waals surface area contributed by atoms with Crippen LogP contribution < -0.4 is 10.0 Å². The van der Waals surface area contributed by atoms with E-state index in [-0.39, 0.29) is 6.04 Å². The monoisotopic (exact) mass is 329 g/mol. The molecule has 1 aromatic heterocycles. The van der Waals surface area contributed by atoms with Crippen LogP contribution in [-0.2, 0) is 16.6 Å². The molecule has 5 nitrogen and oxygen atoms in total. The lowest BCUT2D eigenvalue weighted by atomic mass is 10.2. The number of sulfonamides is 1. The third-order valence-corrected chi connectivity index (χ3v) is 6.59. The van der Waals surface area contributed by atoms with E-state index >= 15 is 0 Å². The first-order chi connectivity index (χ1) is 10.1. The average Bonchev–Trinajstić information content (AvgIpc) is 3.21. The summed E-state index contributed by atoms with van der Waals surface area (Å²) in [6.07, 6.45) is 5.97. The molecule has 0 aromatic carbocycles. The van der Waals surface area contributed by atoms with Gasteiger partial charge in [-0.15, -0.1) is 0 Å². The van der Waals surface area contributed by atoms with Gasteiger partial charge in [-0.05, 0) is 50.3 Å². The molecule has 3 rings (SSSR count). The van der Waals surface area contributed by atoms with Crippen LogP contribution in [0.15, 0.2) is 17.2 Å². The lowest BCUT2D eigenvalue weighted by Crippen LogP contribution is -2.37. The van der Waals surface area contributed by atoms with Crippen molar-refractivity contribution in [3.63, 3.8) is 0 Å². The van der Waals surface area contributed by atoms with Gasteiger partial charge < -0.3 is 9.88 Å². The molecular formula is C14H23N3O2S2. The van der Waals surface area contributed by atoms with Gasteiger partial charge in [0, 0.05) is 30.5 Å². The van der Waals surface area contributed by atoms with Gasteiger partial charge in [-0.2, -0.15) is 11.8 Å². The molecule has 2 N–H and O–H groups in total. The normalized spacial score (nSPS) is 20.8. The topological polar surface area (TPSA) is 63.1 Å². The predicted molar refractivity (Wildman–Crippen MR) is 86.1 cm³/mol. The van der Waals surface area contributed by atoms with Gasteiger partial charge >= 0.3 is 0 Å². The van der Waals surface area contributed by atoms with Crippen LogP contribution >= 0.6 is 11.8 Å².